The highest BCUT2D eigenvalue weighted by Crippen LogP contribution is 2.31. The highest BCUT2D eigenvalue weighted by Gasteiger charge is 2.28. The van der Waals surface area contributed by atoms with E-state index in [0.29, 0.717) is 6.04 Å². The van der Waals surface area contributed by atoms with E-state index in [1.165, 1.54) is 154 Å². The second-order valence-electron chi connectivity index (χ2n) is 12.3. The summed E-state index contributed by atoms with van der Waals surface area (Å²) in [4.78, 5) is 0. The van der Waals surface area contributed by atoms with Gasteiger partial charge in [0.2, 0.25) is 0 Å². The van der Waals surface area contributed by atoms with Gasteiger partial charge in [-0.2, -0.15) is 0 Å². The predicted molar refractivity (Wildman–Crippen MR) is 164 cm³/mol. The third kappa shape index (κ3) is 17.6. The molecule has 0 amide bonds. The number of hydrogen-bond donors (Lipinski definition) is 0. The fourth-order valence-corrected chi connectivity index (χ4v) is 5.94. The Morgan fingerprint density at radius 2 is 0.833 bits per heavy atom. The zero-order valence-electron chi connectivity index (χ0n) is 25.4. The number of benzene rings is 1. The van der Waals surface area contributed by atoms with Gasteiger partial charge in [0.05, 0.1) is 20.6 Å². The van der Waals surface area contributed by atoms with Crippen molar-refractivity contribution < 1.29 is 4.48 Å². The maximum Gasteiger partial charge on any atom is 0.114 e. The fraction of sp³-hybridized carbons (Fsp3) is 0.829. The second-order valence-corrected chi connectivity index (χ2v) is 12.3. The van der Waals surface area contributed by atoms with Crippen LogP contribution in [0.5, 0.6) is 0 Å². The highest BCUT2D eigenvalue weighted by molar-refractivity contribution is 5.17. The van der Waals surface area contributed by atoms with Crippen molar-refractivity contribution in [3.05, 3.63) is 35.9 Å². The van der Waals surface area contributed by atoms with Gasteiger partial charge in [-0.15, -0.1) is 0 Å². The van der Waals surface area contributed by atoms with Crippen LogP contribution in [0.1, 0.15) is 173 Å². The summed E-state index contributed by atoms with van der Waals surface area (Å²) < 4.78 is 1.15. The number of rotatable bonds is 26. The molecule has 0 saturated heterocycles. The molecule has 0 fully saturated rings. The average Bonchev–Trinajstić information content (AvgIpc) is 2.88. The summed E-state index contributed by atoms with van der Waals surface area (Å²) in [6.45, 7) is 5.93. The topological polar surface area (TPSA) is 0 Å². The van der Waals surface area contributed by atoms with E-state index in [0.717, 1.165) is 4.48 Å². The first kappa shape index (κ1) is 33.2. The molecular formula is C35H66N+. The Hall–Kier alpha value is -0.820. The standard InChI is InChI=1S/C35H66N/c1-5-7-9-11-13-15-16-17-18-19-20-22-24-29-33-36(3,4)35(34-30-26-25-27-31-34)32-28-23-21-14-12-10-8-6-2/h25-27,30-31,35H,5-24,28-29,32-33H2,1-4H3/q+1. The third-order valence-corrected chi connectivity index (χ3v) is 8.45. The highest BCUT2D eigenvalue weighted by atomic mass is 15.3. The maximum absolute atomic E-state index is 2.49. The summed E-state index contributed by atoms with van der Waals surface area (Å²) in [5.74, 6) is 0. The molecule has 0 aliphatic rings. The molecule has 0 aliphatic carbocycles. The molecular weight excluding hydrogens is 434 g/mol. The smallest absolute Gasteiger partial charge is 0.114 e. The van der Waals surface area contributed by atoms with Crippen LogP contribution in [0.3, 0.4) is 0 Å². The molecule has 36 heavy (non-hydrogen) atoms. The maximum atomic E-state index is 2.49. The Morgan fingerprint density at radius 1 is 0.472 bits per heavy atom. The zero-order chi connectivity index (χ0) is 26.2. The Labute approximate surface area is 228 Å². The van der Waals surface area contributed by atoms with Crippen LogP contribution in [0.4, 0.5) is 0 Å². The Balaban J connectivity index is 2.20. The second kappa shape index (κ2) is 23.3. The summed E-state index contributed by atoms with van der Waals surface area (Å²) in [6.07, 6.45) is 32.8. The lowest BCUT2D eigenvalue weighted by atomic mass is 9.96. The van der Waals surface area contributed by atoms with Crippen molar-refractivity contribution in [2.24, 2.45) is 0 Å². The molecule has 1 unspecified atom stereocenters. The number of quaternary nitrogens is 1. The first-order valence-corrected chi connectivity index (χ1v) is 16.5. The molecule has 0 saturated carbocycles. The van der Waals surface area contributed by atoms with Gasteiger partial charge in [0, 0.05) is 12.0 Å². The Kier molecular flexibility index (Phi) is 21.5. The quantitative estimate of drug-likeness (QED) is 0.0876. The van der Waals surface area contributed by atoms with Crippen LogP contribution in [0.2, 0.25) is 0 Å². The van der Waals surface area contributed by atoms with E-state index >= 15 is 0 Å². The van der Waals surface area contributed by atoms with Crippen LogP contribution in [-0.2, 0) is 0 Å². The first-order chi connectivity index (χ1) is 17.6. The summed E-state index contributed by atoms with van der Waals surface area (Å²) in [7, 11) is 4.98. The van der Waals surface area contributed by atoms with E-state index in [4.69, 9.17) is 0 Å². The molecule has 1 rings (SSSR count). The van der Waals surface area contributed by atoms with Gasteiger partial charge in [0.15, 0.2) is 0 Å². The van der Waals surface area contributed by atoms with Crippen molar-refractivity contribution in [3.8, 4) is 0 Å². The summed E-state index contributed by atoms with van der Waals surface area (Å²) in [5.41, 5.74) is 1.55. The van der Waals surface area contributed by atoms with Gasteiger partial charge < -0.3 is 4.48 Å². The van der Waals surface area contributed by atoms with Gasteiger partial charge in [-0.3, -0.25) is 0 Å². The van der Waals surface area contributed by atoms with Crippen molar-refractivity contribution in [1.82, 2.24) is 0 Å². The molecule has 210 valence electrons. The minimum atomic E-state index is 0.647. The minimum absolute atomic E-state index is 0.647. The molecule has 0 N–H and O–H groups in total. The van der Waals surface area contributed by atoms with E-state index in [-0.39, 0.29) is 0 Å². The Bertz CT molecular complexity index is 563. The third-order valence-electron chi connectivity index (χ3n) is 8.45. The molecule has 0 radical (unpaired) electrons. The molecule has 0 aliphatic heterocycles. The van der Waals surface area contributed by atoms with Crippen molar-refractivity contribution in [1.29, 1.82) is 0 Å². The van der Waals surface area contributed by atoms with Crippen molar-refractivity contribution in [2.75, 3.05) is 20.6 Å². The van der Waals surface area contributed by atoms with Gasteiger partial charge in [-0.05, 0) is 19.3 Å². The van der Waals surface area contributed by atoms with Gasteiger partial charge in [0.1, 0.15) is 6.04 Å². The van der Waals surface area contributed by atoms with Crippen LogP contribution in [0, 0.1) is 0 Å². The van der Waals surface area contributed by atoms with Gasteiger partial charge in [0.25, 0.3) is 0 Å². The Morgan fingerprint density at radius 3 is 1.25 bits per heavy atom. The zero-order valence-corrected chi connectivity index (χ0v) is 25.4. The van der Waals surface area contributed by atoms with E-state index in [9.17, 15) is 0 Å². The molecule has 0 aromatic heterocycles. The first-order valence-electron chi connectivity index (χ1n) is 16.5. The summed E-state index contributed by atoms with van der Waals surface area (Å²) in [5, 5.41) is 0. The lowest BCUT2D eigenvalue weighted by molar-refractivity contribution is -0.921. The molecule has 1 heteroatoms. The summed E-state index contributed by atoms with van der Waals surface area (Å²) >= 11 is 0. The van der Waals surface area contributed by atoms with Gasteiger partial charge >= 0.3 is 0 Å². The van der Waals surface area contributed by atoms with E-state index < -0.39 is 0 Å². The molecule has 1 nitrogen and oxygen atoms in total. The van der Waals surface area contributed by atoms with Crippen molar-refractivity contribution >= 4 is 0 Å². The number of hydrogen-bond acceptors (Lipinski definition) is 0. The SMILES string of the molecule is CCCCCCCCCCCCCCCC[N+](C)(C)C(CCCCCCCCCC)c1ccccc1. The molecule has 1 aromatic rings. The van der Waals surface area contributed by atoms with Crippen molar-refractivity contribution in [3.63, 3.8) is 0 Å². The number of unbranched alkanes of at least 4 members (excludes halogenated alkanes) is 20. The predicted octanol–water partition coefficient (Wildman–Crippen LogP) is 11.8. The van der Waals surface area contributed by atoms with Gasteiger partial charge in [-0.1, -0.05) is 166 Å². The van der Waals surface area contributed by atoms with Crippen LogP contribution >= 0.6 is 0 Å². The average molecular weight is 501 g/mol. The molecule has 1 atom stereocenters. The molecule has 0 bridgehead atoms. The van der Waals surface area contributed by atoms with E-state index in [1.54, 1.807) is 5.56 Å². The van der Waals surface area contributed by atoms with Crippen LogP contribution < -0.4 is 0 Å². The summed E-state index contributed by atoms with van der Waals surface area (Å²) in [6, 6.07) is 12.0. The molecule has 1 aromatic carbocycles. The van der Waals surface area contributed by atoms with Crippen LogP contribution in [0.25, 0.3) is 0 Å². The largest absolute Gasteiger partial charge is 0.322 e. The fourth-order valence-electron chi connectivity index (χ4n) is 5.94. The monoisotopic (exact) mass is 501 g/mol. The van der Waals surface area contributed by atoms with E-state index in [1.807, 2.05) is 0 Å². The van der Waals surface area contributed by atoms with Gasteiger partial charge in [-0.25, -0.2) is 0 Å². The lowest BCUT2D eigenvalue weighted by Gasteiger charge is -2.39. The van der Waals surface area contributed by atoms with Crippen LogP contribution in [-0.4, -0.2) is 25.1 Å². The lowest BCUT2D eigenvalue weighted by Crippen LogP contribution is -2.44. The molecule has 0 heterocycles. The van der Waals surface area contributed by atoms with E-state index in [2.05, 4.69) is 58.3 Å². The molecule has 0 spiro atoms. The normalized spacial score (nSPS) is 12.8. The van der Waals surface area contributed by atoms with Crippen LogP contribution in [0.15, 0.2) is 30.3 Å². The number of nitrogens with zero attached hydrogens (tertiary/aromatic N) is 1. The minimum Gasteiger partial charge on any atom is -0.322 e. The van der Waals surface area contributed by atoms with Crippen molar-refractivity contribution in [2.45, 2.75) is 168 Å².